The fourth-order valence-corrected chi connectivity index (χ4v) is 5.28. The normalized spacial score (nSPS) is 26.7. The molecule has 0 aliphatic heterocycles. The van der Waals surface area contributed by atoms with Crippen LogP contribution in [-0.2, 0) is 14.6 Å². The smallest absolute Gasteiger partial charge is 0.325 e. The first kappa shape index (κ1) is 15.7. The lowest BCUT2D eigenvalue weighted by Gasteiger charge is -2.07. The third-order valence-corrected chi connectivity index (χ3v) is 6.65. The molecule has 0 heterocycles. The van der Waals surface area contributed by atoms with Crippen LogP contribution in [0.1, 0.15) is 17.0 Å². The zero-order valence-corrected chi connectivity index (χ0v) is 13.3. The number of benzene rings is 2. The highest BCUT2D eigenvalue weighted by Gasteiger charge is 2.74. The van der Waals surface area contributed by atoms with E-state index >= 15 is 0 Å². The highest BCUT2D eigenvalue weighted by Crippen LogP contribution is 2.55. The first-order valence-electron chi connectivity index (χ1n) is 7.17. The van der Waals surface area contributed by atoms with Crippen molar-refractivity contribution in [2.75, 3.05) is 0 Å². The number of rotatable bonds is 4. The number of hydrogen-bond acceptors (Lipinski definition) is 4. The molecular weight excluding hydrogens is 314 g/mol. The molecule has 3 N–H and O–H groups in total. The zero-order valence-electron chi connectivity index (χ0n) is 12.5. The van der Waals surface area contributed by atoms with Gasteiger partial charge in [-0.1, -0.05) is 48.0 Å². The van der Waals surface area contributed by atoms with Gasteiger partial charge in [0, 0.05) is 5.92 Å². The molecule has 5 nitrogen and oxygen atoms in total. The molecule has 0 spiro atoms. The lowest BCUT2D eigenvalue weighted by Crippen LogP contribution is -2.39. The molecule has 1 fully saturated rings. The first-order chi connectivity index (χ1) is 10.8. The van der Waals surface area contributed by atoms with Crippen LogP contribution < -0.4 is 5.73 Å². The number of sulfone groups is 1. The number of nitrogens with two attached hydrogens (primary N) is 1. The summed E-state index contributed by atoms with van der Waals surface area (Å²) < 4.78 is 25.7. The number of carbonyl (C=O) groups is 1. The maximum Gasteiger partial charge on any atom is 0.325 e. The van der Waals surface area contributed by atoms with E-state index in [9.17, 15) is 18.3 Å². The quantitative estimate of drug-likeness (QED) is 0.889. The summed E-state index contributed by atoms with van der Waals surface area (Å²) in [5.41, 5.74) is 5.73. The molecule has 1 aliphatic rings. The predicted molar refractivity (Wildman–Crippen MR) is 85.9 cm³/mol. The molecule has 1 saturated carbocycles. The maximum atomic E-state index is 12.9. The summed E-state index contributed by atoms with van der Waals surface area (Å²) in [7, 11) is -3.84. The Morgan fingerprint density at radius 2 is 1.65 bits per heavy atom. The molecule has 6 heteroatoms. The largest absolute Gasteiger partial charge is 0.480 e. The second-order valence-corrected chi connectivity index (χ2v) is 7.97. The van der Waals surface area contributed by atoms with Crippen molar-refractivity contribution in [1.29, 1.82) is 0 Å². The van der Waals surface area contributed by atoms with Crippen molar-refractivity contribution in [3.05, 3.63) is 65.7 Å². The number of carboxylic acid groups (broad SMARTS) is 1. The molecule has 3 atom stereocenters. The SMILES string of the molecule is Cc1ccc(S(=O)(=O)[C@@H]2[C@@H](c3ccccc3)[C@@]2(N)C(=O)O)cc1. The second kappa shape index (κ2) is 5.18. The van der Waals surface area contributed by atoms with Crippen LogP contribution in [0.4, 0.5) is 0 Å². The molecule has 0 radical (unpaired) electrons. The molecule has 1 aliphatic carbocycles. The van der Waals surface area contributed by atoms with Crippen LogP contribution in [0.15, 0.2) is 59.5 Å². The first-order valence-corrected chi connectivity index (χ1v) is 8.72. The van der Waals surface area contributed by atoms with E-state index in [4.69, 9.17) is 5.73 Å². The van der Waals surface area contributed by atoms with Gasteiger partial charge in [0.25, 0.3) is 0 Å². The highest BCUT2D eigenvalue weighted by molar-refractivity contribution is 7.92. The molecule has 3 rings (SSSR count). The summed E-state index contributed by atoms with van der Waals surface area (Å²) in [4.78, 5) is 11.7. The third kappa shape index (κ3) is 2.34. The predicted octanol–water partition coefficient (Wildman–Crippen LogP) is 1.72. The van der Waals surface area contributed by atoms with Crippen LogP contribution in [0.25, 0.3) is 0 Å². The van der Waals surface area contributed by atoms with Crippen LogP contribution in [0.3, 0.4) is 0 Å². The lowest BCUT2D eigenvalue weighted by molar-refractivity contribution is -0.139. The molecular formula is C17H17NO4S. The summed E-state index contributed by atoms with van der Waals surface area (Å²) in [6, 6.07) is 15.0. The van der Waals surface area contributed by atoms with Crippen LogP contribution in [-0.4, -0.2) is 30.3 Å². The van der Waals surface area contributed by atoms with Gasteiger partial charge in [-0.2, -0.15) is 0 Å². The molecule has 0 saturated heterocycles. The van der Waals surface area contributed by atoms with Crippen molar-refractivity contribution in [1.82, 2.24) is 0 Å². The zero-order chi connectivity index (χ0) is 16.8. The van der Waals surface area contributed by atoms with Crippen molar-refractivity contribution in [2.45, 2.75) is 28.5 Å². The molecule has 2 aromatic rings. The van der Waals surface area contributed by atoms with Crippen molar-refractivity contribution in [2.24, 2.45) is 5.73 Å². The molecule has 120 valence electrons. The molecule has 0 unspecified atom stereocenters. The standard InChI is InChI=1S/C17H17NO4S/c1-11-7-9-13(10-8-11)23(21,22)15-14(17(15,18)16(19)20)12-5-3-2-4-6-12/h2-10,14-15H,18H2,1H3,(H,19,20)/t14-,15-,17+/m1/s1. The van der Waals surface area contributed by atoms with Gasteiger partial charge in [0.1, 0.15) is 10.8 Å². The summed E-state index contributed by atoms with van der Waals surface area (Å²) in [6.45, 7) is 1.85. The molecule has 23 heavy (non-hydrogen) atoms. The van der Waals surface area contributed by atoms with E-state index in [0.29, 0.717) is 5.56 Å². The Morgan fingerprint density at radius 3 is 2.17 bits per heavy atom. The van der Waals surface area contributed by atoms with Gasteiger partial charge in [0.05, 0.1) is 4.90 Å². The lowest BCUT2D eigenvalue weighted by atomic mass is 10.1. The summed E-state index contributed by atoms with van der Waals surface area (Å²) in [5.74, 6) is -2.06. The van der Waals surface area contributed by atoms with E-state index in [0.717, 1.165) is 5.56 Å². The minimum atomic E-state index is -3.84. The fraction of sp³-hybridized carbons (Fsp3) is 0.235. The Labute approximate surface area is 134 Å². The van der Waals surface area contributed by atoms with Crippen LogP contribution in [0.5, 0.6) is 0 Å². The van der Waals surface area contributed by atoms with E-state index in [1.54, 1.807) is 42.5 Å². The number of hydrogen-bond donors (Lipinski definition) is 2. The Hall–Kier alpha value is -2.18. The van der Waals surface area contributed by atoms with E-state index in [1.807, 2.05) is 6.92 Å². The molecule has 0 bridgehead atoms. The van der Waals surface area contributed by atoms with Gasteiger partial charge in [-0.05, 0) is 24.6 Å². The van der Waals surface area contributed by atoms with Crippen LogP contribution in [0, 0.1) is 6.92 Å². The Kier molecular flexibility index (Phi) is 3.54. The minimum absolute atomic E-state index is 0.0996. The maximum absolute atomic E-state index is 12.9. The Balaban J connectivity index is 2.07. The van der Waals surface area contributed by atoms with E-state index in [1.165, 1.54) is 12.1 Å². The average Bonchev–Trinajstić information content (AvgIpc) is 3.17. The average molecular weight is 331 g/mol. The van der Waals surface area contributed by atoms with Crippen molar-refractivity contribution in [3.63, 3.8) is 0 Å². The summed E-state index contributed by atoms with van der Waals surface area (Å²) in [5, 5.41) is 8.31. The van der Waals surface area contributed by atoms with Gasteiger partial charge in [0.15, 0.2) is 9.84 Å². The van der Waals surface area contributed by atoms with Gasteiger partial charge in [0.2, 0.25) is 0 Å². The van der Waals surface area contributed by atoms with Gasteiger partial charge < -0.3 is 10.8 Å². The Bertz CT molecular complexity index is 846. The summed E-state index contributed by atoms with van der Waals surface area (Å²) >= 11 is 0. The van der Waals surface area contributed by atoms with E-state index in [-0.39, 0.29) is 4.90 Å². The van der Waals surface area contributed by atoms with Crippen molar-refractivity contribution in [3.8, 4) is 0 Å². The molecule has 2 aromatic carbocycles. The van der Waals surface area contributed by atoms with E-state index in [2.05, 4.69) is 0 Å². The monoisotopic (exact) mass is 331 g/mol. The topological polar surface area (TPSA) is 97.5 Å². The van der Waals surface area contributed by atoms with E-state index < -0.39 is 32.5 Å². The van der Waals surface area contributed by atoms with Crippen molar-refractivity contribution >= 4 is 15.8 Å². The molecule has 0 aromatic heterocycles. The minimum Gasteiger partial charge on any atom is -0.480 e. The van der Waals surface area contributed by atoms with Crippen molar-refractivity contribution < 1.29 is 18.3 Å². The number of carboxylic acids is 1. The number of aliphatic carboxylic acids is 1. The van der Waals surface area contributed by atoms with Gasteiger partial charge in [-0.25, -0.2) is 8.42 Å². The van der Waals surface area contributed by atoms with Crippen LogP contribution >= 0.6 is 0 Å². The second-order valence-electron chi connectivity index (χ2n) is 5.91. The number of aryl methyl sites for hydroxylation is 1. The molecule has 0 amide bonds. The highest BCUT2D eigenvalue weighted by atomic mass is 32.2. The fourth-order valence-electron chi connectivity index (χ4n) is 3.05. The summed E-state index contributed by atoms with van der Waals surface area (Å²) in [6.07, 6.45) is 0. The van der Waals surface area contributed by atoms with Gasteiger partial charge >= 0.3 is 5.97 Å². The van der Waals surface area contributed by atoms with Crippen LogP contribution in [0.2, 0.25) is 0 Å². The van der Waals surface area contributed by atoms with Gasteiger partial charge in [-0.15, -0.1) is 0 Å². The van der Waals surface area contributed by atoms with Gasteiger partial charge in [-0.3, -0.25) is 4.79 Å². The third-order valence-electron chi connectivity index (χ3n) is 4.39. The Morgan fingerprint density at radius 1 is 1.09 bits per heavy atom.